The first-order valence-corrected chi connectivity index (χ1v) is 13.6. The van der Waals surface area contributed by atoms with E-state index in [1.807, 2.05) is 6.08 Å². The van der Waals surface area contributed by atoms with Crippen molar-refractivity contribution in [2.75, 3.05) is 0 Å². The predicted octanol–water partition coefficient (Wildman–Crippen LogP) is 8.74. The Bertz CT molecular complexity index is 566. The summed E-state index contributed by atoms with van der Waals surface area (Å²) in [6.07, 6.45) is 10.9. The molecule has 4 heteroatoms. The molecule has 4 rings (SSSR count). The lowest BCUT2D eigenvalue weighted by Gasteiger charge is -2.44. The van der Waals surface area contributed by atoms with Crippen molar-refractivity contribution >= 4 is 0 Å². The molecule has 4 aliphatic rings. The third-order valence-electron chi connectivity index (χ3n) is 10.0. The summed E-state index contributed by atoms with van der Waals surface area (Å²) in [5, 5.41) is 0. The SMILES string of the molecule is C=CCCC1CCC(C2CCC(C3CCC(C4CC(F)C(F)C(F)C4)C(F)C3)CC2)CC1. The van der Waals surface area contributed by atoms with Crippen molar-refractivity contribution in [3.63, 3.8) is 0 Å². The highest BCUT2D eigenvalue weighted by Gasteiger charge is 2.46. The largest absolute Gasteiger partial charge is 0.247 e. The first-order valence-electron chi connectivity index (χ1n) is 13.6. The molecule has 0 spiro atoms. The number of halogens is 4. The molecule has 0 amide bonds. The third-order valence-corrected chi connectivity index (χ3v) is 10.0. The molecule has 0 aliphatic heterocycles. The van der Waals surface area contributed by atoms with E-state index in [0.717, 1.165) is 37.0 Å². The molecule has 184 valence electrons. The van der Waals surface area contributed by atoms with Crippen molar-refractivity contribution in [3.05, 3.63) is 12.7 Å². The van der Waals surface area contributed by atoms with Crippen LogP contribution in [-0.2, 0) is 0 Å². The smallest absolute Gasteiger partial charge is 0.162 e. The molecule has 4 aliphatic carbocycles. The lowest BCUT2D eigenvalue weighted by atomic mass is 9.62. The maximum atomic E-state index is 15.1. The van der Waals surface area contributed by atoms with Crippen LogP contribution in [0.15, 0.2) is 12.7 Å². The molecule has 5 atom stereocenters. The summed E-state index contributed by atoms with van der Waals surface area (Å²) in [6, 6.07) is 0. The summed E-state index contributed by atoms with van der Waals surface area (Å²) in [5.41, 5.74) is 0. The van der Waals surface area contributed by atoms with E-state index in [2.05, 4.69) is 6.58 Å². The molecule has 4 saturated carbocycles. The molecule has 32 heavy (non-hydrogen) atoms. The van der Waals surface area contributed by atoms with Crippen molar-refractivity contribution in [3.8, 4) is 0 Å². The fourth-order valence-electron chi connectivity index (χ4n) is 8.03. The maximum absolute atomic E-state index is 15.1. The Morgan fingerprint density at radius 2 is 1.03 bits per heavy atom. The normalized spacial score (nSPS) is 48.3. The average Bonchev–Trinajstić information content (AvgIpc) is 2.81. The number of rotatable bonds is 6. The van der Waals surface area contributed by atoms with Crippen molar-refractivity contribution in [2.45, 2.75) is 121 Å². The molecule has 0 heterocycles. The second-order valence-corrected chi connectivity index (χ2v) is 11.8. The fourth-order valence-corrected chi connectivity index (χ4v) is 8.03. The number of alkyl halides is 4. The van der Waals surface area contributed by atoms with Crippen LogP contribution in [-0.4, -0.2) is 24.7 Å². The molecule has 0 N–H and O–H groups in total. The van der Waals surface area contributed by atoms with Gasteiger partial charge in [-0.15, -0.1) is 6.58 Å². The Labute approximate surface area is 193 Å². The minimum absolute atomic E-state index is 0.00170. The van der Waals surface area contributed by atoms with Gasteiger partial charge in [0.1, 0.15) is 18.5 Å². The van der Waals surface area contributed by atoms with Gasteiger partial charge in [-0.25, -0.2) is 17.6 Å². The van der Waals surface area contributed by atoms with E-state index in [4.69, 9.17) is 0 Å². The van der Waals surface area contributed by atoms with Gasteiger partial charge in [0.2, 0.25) is 0 Å². The van der Waals surface area contributed by atoms with Crippen molar-refractivity contribution in [1.82, 2.24) is 0 Å². The van der Waals surface area contributed by atoms with Crippen molar-refractivity contribution in [2.24, 2.45) is 41.4 Å². The van der Waals surface area contributed by atoms with Crippen LogP contribution in [0.25, 0.3) is 0 Å². The first kappa shape index (κ1) is 24.6. The molecule has 0 aromatic carbocycles. The Hall–Kier alpha value is -0.540. The van der Waals surface area contributed by atoms with Crippen LogP contribution in [0.4, 0.5) is 17.6 Å². The van der Waals surface area contributed by atoms with Gasteiger partial charge in [-0.1, -0.05) is 18.9 Å². The second-order valence-electron chi connectivity index (χ2n) is 11.8. The van der Waals surface area contributed by atoms with Gasteiger partial charge in [-0.05, 0) is 125 Å². The minimum Gasteiger partial charge on any atom is -0.247 e. The topological polar surface area (TPSA) is 0 Å². The molecule has 0 aromatic heterocycles. The van der Waals surface area contributed by atoms with Gasteiger partial charge in [0, 0.05) is 0 Å². The van der Waals surface area contributed by atoms with Crippen LogP contribution in [0.2, 0.25) is 0 Å². The van der Waals surface area contributed by atoms with E-state index in [-0.39, 0.29) is 24.7 Å². The molecular weight excluding hydrogens is 412 g/mol. The molecule has 5 unspecified atom stereocenters. The van der Waals surface area contributed by atoms with Gasteiger partial charge in [0.05, 0.1) is 0 Å². The Balaban J connectivity index is 1.20. The molecule has 0 aromatic rings. The van der Waals surface area contributed by atoms with Crippen LogP contribution in [0.5, 0.6) is 0 Å². The lowest BCUT2D eigenvalue weighted by Crippen LogP contribution is -2.43. The van der Waals surface area contributed by atoms with Gasteiger partial charge < -0.3 is 0 Å². The standard InChI is InChI=1S/C28H44F4/c1-2-3-4-18-5-7-19(8-6-18)20-9-11-21(12-10-20)22-13-14-24(25(29)15-22)23-16-26(30)28(32)27(31)17-23/h2,18-28H,1,3-17H2. The summed E-state index contributed by atoms with van der Waals surface area (Å²) in [7, 11) is 0. The summed E-state index contributed by atoms with van der Waals surface area (Å²) < 4.78 is 56.3. The number of allylic oxidation sites excluding steroid dienone is 1. The Morgan fingerprint density at radius 1 is 0.562 bits per heavy atom. The zero-order valence-corrected chi connectivity index (χ0v) is 19.8. The monoisotopic (exact) mass is 456 g/mol. The lowest BCUT2D eigenvalue weighted by molar-refractivity contribution is -0.0292. The first-order chi connectivity index (χ1) is 15.5. The number of hydrogen-bond donors (Lipinski definition) is 0. The zero-order chi connectivity index (χ0) is 22.7. The van der Waals surface area contributed by atoms with E-state index in [0.29, 0.717) is 18.3 Å². The molecule has 4 fully saturated rings. The molecule has 0 saturated heterocycles. The van der Waals surface area contributed by atoms with Gasteiger partial charge in [-0.2, -0.15) is 0 Å². The van der Waals surface area contributed by atoms with E-state index < -0.39 is 24.7 Å². The minimum atomic E-state index is -2.02. The Morgan fingerprint density at radius 3 is 1.56 bits per heavy atom. The molecular formula is C28H44F4. The van der Waals surface area contributed by atoms with Crippen LogP contribution in [0, 0.1) is 41.4 Å². The summed E-state index contributed by atoms with van der Waals surface area (Å²) in [5.74, 6) is 3.10. The van der Waals surface area contributed by atoms with Crippen LogP contribution in [0.1, 0.15) is 96.3 Å². The van der Waals surface area contributed by atoms with Crippen molar-refractivity contribution < 1.29 is 17.6 Å². The predicted molar refractivity (Wildman–Crippen MR) is 123 cm³/mol. The van der Waals surface area contributed by atoms with Gasteiger partial charge in [0.25, 0.3) is 0 Å². The van der Waals surface area contributed by atoms with E-state index in [1.165, 1.54) is 57.8 Å². The van der Waals surface area contributed by atoms with Gasteiger partial charge in [-0.3, -0.25) is 0 Å². The van der Waals surface area contributed by atoms with E-state index in [1.54, 1.807) is 0 Å². The van der Waals surface area contributed by atoms with Gasteiger partial charge >= 0.3 is 0 Å². The quantitative estimate of drug-likeness (QED) is 0.277. The molecule has 0 nitrogen and oxygen atoms in total. The number of hydrogen-bond acceptors (Lipinski definition) is 0. The van der Waals surface area contributed by atoms with Crippen LogP contribution >= 0.6 is 0 Å². The molecule has 0 bridgehead atoms. The highest BCUT2D eigenvalue weighted by atomic mass is 19.2. The third kappa shape index (κ3) is 5.74. The maximum Gasteiger partial charge on any atom is 0.162 e. The van der Waals surface area contributed by atoms with Crippen molar-refractivity contribution in [1.29, 1.82) is 0 Å². The Kier molecular flexibility index (Phi) is 8.65. The summed E-state index contributed by atoms with van der Waals surface area (Å²) in [4.78, 5) is 0. The zero-order valence-electron chi connectivity index (χ0n) is 19.8. The van der Waals surface area contributed by atoms with Crippen LogP contribution < -0.4 is 0 Å². The summed E-state index contributed by atoms with van der Waals surface area (Å²) in [6.45, 7) is 3.85. The van der Waals surface area contributed by atoms with Gasteiger partial charge in [0.15, 0.2) is 6.17 Å². The van der Waals surface area contributed by atoms with E-state index >= 15 is 4.39 Å². The highest BCUT2D eigenvalue weighted by molar-refractivity contribution is 4.95. The fraction of sp³-hybridized carbons (Fsp3) is 0.929. The summed E-state index contributed by atoms with van der Waals surface area (Å²) >= 11 is 0. The average molecular weight is 457 g/mol. The highest BCUT2D eigenvalue weighted by Crippen LogP contribution is 2.49. The second kappa shape index (κ2) is 11.3. The van der Waals surface area contributed by atoms with E-state index in [9.17, 15) is 13.2 Å². The molecule has 0 radical (unpaired) electrons. The van der Waals surface area contributed by atoms with Crippen LogP contribution in [0.3, 0.4) is 0 Å².